The lowest BCUT2D eigenvalue weighted by atomic mass is 10.2. The number of carbonyl (C=O) groups is 1. The number of nitrogens with one attached hydrogen (secondary N) is 1. The van der Waals surface area contributed by atoms with Crippen LogP contribution in [0.2, 0.25) is 0 Å². The first-order chi connectivity index (χ1) is 13.5. The zero-order valence-electron chi connectivity index (χ0n) is 15.4. The molecule has 1 aliphatic heterocycles. The quantitative estimate of drug-likeness (QED) is 0.634. The molecular weight excluding hydrogens is 384 g/mol. The monoisotopic (exact) mass is 406 g/mol. The summed E-state index contributed by atoms with van der Waals surface area (Å²) >= 11 is 0. The highest BCUT2D eigenvalue weighted by Crippen LogP contribution is 2.28. The van der Waals surface area contributed by atoms with E-state index in [2.05, 4.69) is 15.3 Å². The lowest BCUT2D eigenvalue weighted by Gasteiger charge is -2.22. The smallest absolute Gasteiger partial charge is 0.245 e. The number of hydrogen-bond donors (Lipinski definition) is 1. The Bertz CT molecular complexity index is 879. The van der Waals surface area contributed by atoms with E-state index in [1.54, 1.807) is 30.6 Å². The summed E-state index contributed by atoms with van der Waals surface area (Å²) in [6.07, 6.45) is 5.68. The number of nitrogens with zero attached hydrogens (tertiary/aromatic N) is 3. The molecule has 0 unspecified atom stereocenters. The molecule has 2 aromatic rings. The molecule has 3 rings (SSSR count). The third-order valence-electron chi connectivity index (χ3n) is 4.30. The molecule has 1 amide bonds. The molecule has 0 radical (unpaired) electrons. The van der Waals surface area contributed by atoms with Gasteiger partial charge in [-0.1, -0.05) is 0 Å². The van der Waals surface area contributed by atoms with E-state index in [1.165, 1.54) is 29.9 Å². The van der Waals surface area contributed by atoms with E-state index in [9.17, 15) is 13.2 Å². The van der Waals surface area contributed by atoms with Crippen LogP contribution in [-0.2, 0) is 19.6 Å². The van der Waals surface area contributed by atoms with E-state index in [-0.39, 0.29) is 23.8 Å². The maximum atomic E-state index is 13.1. The van der Waals surface area contributed by atoms with Crippen molar-refractivity contribution in [1.29, 1.82) is 0 Å². The number of rotatable bonds is 8. The lowest BCUT2D eigenvalue weighted by Crippen LogP contribution is -2.46. The Morgan fingerprint density at radius 2 is 2.00 bits per heavy atom. The average Bonchev–Trinajstić information content (AvgIpc) is 3.14. The van der Waals surface area contributed by atoms with Crippen LogP contribution < -0.4 is 10.1 Å². The first kappa shape index (κ1) is 20.2. The zero-order chi connectivity index (χ0) is 20.0. The third-order valence-corrected chi connectivity index (χ3v) is 6.16. The Balaban J connectivity index is 1.82. The zero-order valence-corrected chi connectivity index (χ0v) is 16.2. The summed E-state index contributed by atoms with van der Waals surface area (Å²) < 4.78 is 38.1. The van der Waals surface area contributed by atoms with Gasteiger partial charge in [-0.3, -0.25) is 14.8 Å². The van der Waals surface area contributed by atoms with Crippen molar-refractivity contribution < 1.29 is 22.7 Å². The number of ether oxygens (including phenoxy) is 2. The molecule has 1 aliphatic rings. The lowest BCUT2D eigenvalue weighted by molar-refractivity contribution is -0.124. The summed E-state index contributed by atoms with van der Waals surface area (Å²) in [6.45, 7) is 0.679. The fraction of sp³-hybridized carbons (Fsp3) is 0.389. The van der Waals surface area contributed by atoms with E-state index in [4.69, 9.17) is 9.47 Å². The maximum Gasteiger partial charge on any atom is 0.245 e. The summed E-state index contributed by atoms with van der Waals surface area (Å²) in [4.78, 5) is 20.5. The van der Waals surface area contributed by atoms with Crippen molar-refractivity contribution >= 4 is 15.9 Å². The highest BCUT2D eigenvalue weighted by molar-refractivity contribution is 7.89. The Morgan fingerprint density at radius 3 is 2.64 bits per heavy atom. The second-order valence-electron chi connectivity index (χ2n) is 6.23. The van der Waals surface area contributed by atoms with Gasteiger partial charge in [0.05, 0.1) is 19.3 Å². The second-order valence-corrected chi connectivity index (χ2v) is 8.12. The van der Waals surface area contributed by atoms with Crippen LogP contribution in [0.15, 0.2) is 53.9 Å². The molecule has 0 aromatic carbocycles. The van der Waals surface area contributed by atoms with Crippen LogP contribution in [0.1, 0.15) is 6.42 Å². The van der Waals surface area contributed by atoms with Crippen LogP contribution in [0.4, 0.5) is 0 Å². The molecule has 150 valence electrons. The van der Waals surface area contributed by atoms with Crippen molar-refractivity contribution in [2.24, 2.45) is 0 Å². The van der Waals surface area contributed by atoms with E-state index in [0.717, 1.165) is 0 Å². The standard InChI is InChI=1S/C18H22N4O5S/c1-26-9-8-21-18(23)17-10-15(27-14-4-2-6-19-11-14)13-22(17)28(24,25)16-5-3-7-20-12-16/h2-7,11-12,15,17H,8-10,13H2,1H3,(H,21,23)/t15-,17-/m0/s1. The molecule has 0 aliphatic carbocycles. The van der Waals surface area contributed by atoms with Gasteiger partial charge >= 0.3 is 0 Å². The van der Waals surface area contributed by atoms with Crippen molar-refractivity contribution in [3.05, 3.63) is 49.1 Å². The minimum Gasteiger partial charge on any atom is -0.487 e. The molecule has 1 N–H and O–H groups in total. The van der Waals surface area contributed by atoms with Crippen molar-refractivity contribution in [3.8, 4) is 5.75 Å². The van der Waals surface area contributed by atoms with Gasteiger partial charge in [0.2, 0.25) is 15.9 Å². The van der Waals surface area contributed by atoms with Gasteiger partial charge in [-0.2, -0.15) is 4.31 Å². The fourth-order valence-electron chi connectivity index (χ4n) is 3.00. The molecule has 28 heavy (non-hydrogen) atoms. The molecule has 0 bridgehead atoms. The number of amides is 1. The van der Waals surface area contributed by atoms with Crippen LogP contribution in [0, 0.1) is 0 Å². The van der Waals surface area contributed by atoms with Gasteiger partial charge in [-0.05, 0) is 24.3 Å². The molecule has 2 aromatic heterocycles. The van der Waals surface area contributed by atoms with Crippen LogP contribution >= 0.6 is 0 Å². The minimum absolute atomic E-state index is 0.0340. The molecule has 1 fully saturated rings. The molecule has 1 saturated heterocycles. The number of methoxy groups -OCH3 is 1. The Labute approximate surface area is 163 Å². The van der Waals surface area contributed by atoms with Crippen molar-refractivity contribution in [3.63, 3.8) is 0 Å². The van der Waals surface area contributed by atoms with E-state index >= 15 is 0 Å². The molecule has 10 heteroatoms. The first-order valence-electron chi connectivity index (χ1n) is 8.77. The number of carbonyl (C=O) groups excluding carboxylic acids is 1. The van der Waals surface area contributed by atoms with Crippen LogP contribution in [0.5, 0.6) is 5.75 Å². The molecule has 2 atom stereocenters. The molecule has 3 heterocycles. The summed E-state index contributed by atoms with van der Waals surface area (Å²) in [5.74, 6) is 0.133. The molecule has 0 spiro atoms. The van der Waals surface area contributed by atoms with Crippen molar-refractivity contribution in [1.82, 2.24) is 19.6 Å². The van der Waals surface area contributed by atoms with Gasteiger partial charge in [-0.15, -0.1) is 0 Å². The SMILES string of the molecule is COCCNC(=O)[C@@H]1C[C@H](Oc2cccnc2)CN1S(=O)(=O)c1cccnc1. The van der Waals surface area contributed by atoms with Gasteiger partial charge in [0.25, 0.3) is 0 Å². The van der Waals surface area contributed by atoms with Crippen LogP contribution in [-0.4, -0.2) is 67.6 Å². The summed E-state index contributed by atoms with van der Waals surface area (Å²) in [5.41, 5.74) is 0. The van der Waals surface area contributed by atoms with Gasteiger partial charge in [0.15, 0.2) is 0 Å². The normalized spacial score (nSPS) is 20.0. The van der Waals surface area contributed by atoms with Crippen molar-refractivity contribution in [2.45, 2.75) is 23.5 Å². The van der Waals surface area contributed by atoms with Crippen molar-refractivity contribution in [2.75, 3.05) is 26.8 Å². The van der Waals surface area contributed by atoms with Crippen LogP contribution in [0.25, 0.3) is 0 Å². The molecule has 9 nitrogen and oxygen atoms in total. The summed E-state index contributed by atoms with van der Waals surface area (Å²) in [6, 6.07) is 5.57. The fourth-order valence-corrected chi connectivity index (χ4v) is 4.59. The van der Waals surface area contributed by atoms with Gasteiger partial charge in [0.1, 0.15) is 22.8 Å². The average molecular weight is 406 g/mol. The second kappa shape index (κ2) is 9.09. The third kappa shape index (κ3) is 4.64. The number of pyridine rings is 2. The predicted molar refractivity (Wildman–Crippen MR) is 100 cm³/mol. The predicted octanol–water partition coefficient (Wildman–Crippen LogP) is 0.450. The van der Waals surface area contributed by atoms with E-state index < -0.39 is 22.2 Å². The largest absolute Gasteiger partial charge is 0.487 e. The Hall–Kier alpha value is -2.56. The van der Waals surface area contributed by atoms with Crippen LogP contribution in [0.3, 0.4) is 0 Å². The number of hydrogen-bond acceptors (Lipinski definition) is 7. The Kier molecular flexibility index (Phi) is 6.55. The summed E-state index contributed by atoms with van der Waals surface area (Å²) in [5, 5.41) is 2.71. The first-order valence-corrected chi connectivity index (χ1v) is 10.2. The molecular formula is C18H22N4O5S. The van der Waals surface area contributed by atoms with Gasteiger partial charge < -0.3 is 14.8 Å². The minimum atomic E-state index is -3.91. The van der Waals surface area contributed by atoms with E-state index in [0.29, 0.717) is 18.9 Å². The highest BCUT2D eigenvalue weighted by atomic mass is 32.2. The maximum absolute atomic E-state index is 13.1. The highest BCUT2D eigenvalue weighted by Gasteiger charge is 2.45. The summed E-state index contributed by atoms with van der Waals surface area (Å²) in [7, 11) is -2.38. The number of aromatic nitrogens is 2. The van der Waals surface area contributed by atoms with E-state index in [1.807, 2.05) is 0 Å². The Morgan fingerprint density at radius 1 is 1.25 bits per heavy atom. The number of sulfonamides is 1. The van der Waals surface area contributed by atoms with Gasteiger partial charge in [-0.25, -0.2) is 8.42 Å². The molecule has 0 saturated carbocycles. The topological polar surface area (TPSA) is 111 Å². The van der Waals surface area contributed by atoms with Gasteiger partial charge in [0, 0.05) is 38.7 Å².